The SMILES string of the molecule is CC(CCN1CCN(Cc2ccccc2)CC1)Sc1ccccc1.Cl.Cl. The van der Waals surface area contributed by atoms with Crippen LogP contribution in [-0.2, 0) is 6.54 Å². The van der Waals surface area contributed by atoms with E-state index in [1.165, 1.54) is 49.6 Å². The maximum Gasteiger partial charge on any atom is 0.0234 e. The molecule has 1 aliphatic heterocycles. The third-order valence-corrected chi connectivity index (χ3v) is 5.83. The van der Waals surface area contributed by atoms with Gasteiger partial charge < -0.3 is 4.90 Å². The summed E-state index contributed by atoms with van der Waals surface area (Å²) >= 11 is 2.00. The van der Waals surface area contributed by atoms with Crippen molar-refractivity contribution in [3.63, 3.8) is 0 Å². The summed E-state index contributed by atoms with van der Waals surface area (Å²) < 4.78 is 0. The molecule has 2 aromatic carbocycles. The summed E-state index contributed by atoms with van der Waals surface area (Å²) in [6.45, 7) is 9.45. The second-order valence-corrected chi connectivity index (χ2v) is 8.15. The van der Waals surface area contributed by atoms with Crippen molar-refractivity contribution in [3.8, 4) is 0 Å². The van der Waals surface area contributed by atoms with Crippen molar-refractivity contribution in [1.82, 2.24) is 9.80 Å². The van der Waals surface area contributed by atoms with E-state index in [4.69, 9.17) is 0 Å². The van der Waals surface area contributed by atoms with Crippen LogP contribution >= 0.6 is 36.6 Å². The fourth-order valence-electron chi connectivity index (χ4n) is 3.17. The Morgan fingerprint density at radius 1 is 0.808 bits per heavy atom. The van der Waals surface area contributed by atoms with Gasteiger partial charge in [0.1, 0.15) is 0 Å². The molecule has 0 aliphatic carbocycles. The molecule has 0 aromatic heterocycles. The topological polar surface area (TPSA) is 6.48 Å². The molecule has 26 heavy (non-hydrogen) atoms. The standard InChI is InChI=1S/C21H28N2S.2ClH/c1-19(24-21-10-6-3-7-11-21)12-13-22-14-16-23(17-15-22)18-20-8-4-2-5-9-20;;/h2-11,19H,12-18H2,1H3;2*1H. The molecule has 2 nitrogen and oxygen atoms in total. The third-order valence-electron chi connectivity index (χ3n) is 4.65. The minimum absolute atomic E-state index is 0. The van der Waals surface area contributed by atoms with Crippen LogP contribution in [0.4, 0.5) is 0 Å². The molecule has 144 valence electrons. The fraction of sp³-hybridized carbons (Fsp3) is 0.429. The van der Waals surface area contributed by atoms with E-state index in [-0.39, 0.29) is 24.8 Å². The number of hydrogen-bond donors (Lipinski definition) is 0. The van der Waals surface area contributed by atoms with Crippen molar-refractivity contribution in [1.29, 1.82) is 0 Å². The number of nitrogens with zero attached hydrogens (tertiary/aromatic N) is 2. The van der Waals surface area contributed by atoms with Crippen LogP contribution in [0.1, 0.15) is 18.9 Å². The zero-order valence-corrected chi connectivity index (χ0v) is 17.9. The second kappa shape index (κ2) is 12.6. The Bertz CT molecular complexity index is 589. The number of piperazine rings is 1. The van der Waals surface area contributed by atoms with Crippen LogP contribution in [0.3, 0.4) is 0 Å². The molecule has 0 bridgehead atoms. The molecule has 3 rings (SSSR count). The lowest BCUT2D eigenvalue weighted by atomic mass is 10.2. The summed E-state index contributed by atoms with van der Waals surface area (Å²) in [7, 11) is 0. The number of hydrogen-bond acceptors (Lipinski definition) is 3. The van der Waals surface area contributed by atoms with Gasteiger partial charge in [0.2, 0.25) is 0 Å². The van der Waals surface area contributed by atoms with Crippen molar-refractivity contribution in [2.45, 2.75) is 30.0 Å². The average molecular weight is 413 g/mol. The molecule has 1 fully saturated rings. The quantitative estimate of drug-likeness (QED) is 0.575. The molecule has 0 saturated carbocycles. The number of thioether (sulfide) groups is 1. The van der Waals surface area contributed by atoms with Crippen molar-refractivity contribution in [2.75, 3.05) is 32.7 Å². The van der Waals surface area contributed by atoms with Crippen molar-refractivity contribution in [2.24, 2.45) is 0 Å². The van der Waals surface area contributed by atoms with Gasteiger partial charge in [0.15, 0.2) is 0 Å². The lowest BCUT2D eigenvalue weighted by Gasteiger charge is -2.35. The van der Waals surface area contributed by atoms with Crippen molar-refractivity contribution < 1.29 is 0 Å². The highest BCUT2D eigenvalue weighted by Gasteiger charge is 2.17. The predicted molar refractivity (Wildman–Crippen MR) is 119 cm³/mol. The average Bonchev–Trinajstić information content (AvgIpc) is 2.63. The Balaban J connectivity index is 0.00000169. The van der Waals surface area contributed by atoms with Crippen LogP contribution in [0.5, 0.6) is 0 Å². The zero-order chi connectivity index (χ0) is 16.6. The van der Waals surface area contributed by atoms with Gasteiger partial charge in [0.05, 0.1) is 0 Å². The molecule has 1 saturated heterocycles. The van der Waals surface area contributed by atoms with E-state index in [0.717, 1.165) is 6.54 Å². The number of benzene rings is 2. The van der Waals surface area contributed by atoms with Gasteiger partial charge in [-0.2, -0.15) is 0 Å². The molecule has 0 spiro atoms. The van der Waals surface area contributed by atoms with Gasteiger partial charge in [-0.1, -0.05) is 55.5 Å². The molecule has 0 amide bonds. The van der Waals surface area contributed by atoms with Crippen LogP contribution in [-0.4, -0.2) is 47.8 Å². The van der Waals surface area contributed by atoms with Gasteiger partial charge >= 0.3 is 0 Å². The fourth-order valence-corrected chi connectivity index (χ4v) is 4.17. The highest BCUT2D eigenvalue weighted by Crippen LogP contribution is 2.25. The van der Waals surface area contributed by atoms with Gasteiger partial charge in [-0.05, 0) is 30.7 Å². The van der Waals surface area contributed by atoms with Crippen molar-refractivity contribution in [3.05, 3.63) is 66.2 Å². The van der Waals surface area contributed by atoms with Crippen LogP contribution in [0.2, 0.25) is 0 Å². The Kier molecular flexibility index (Phi) is 11.3. The molecule has 1 atom stereocenters. The van der Waals surface area contributed by atoms with Gasteiger partial charge in [-0.25, -0.2) is 0 Å². The van der Waals surface area contributed by atoms with E-state index in [9.17, 15) is 0 Å². The summed E-state index contributed by atoms with van der Waals surface area (Å²) in [5.41, 5.74) is 1.43. The molecular weight excluding hydrogens is 383 g/mol. The van der Waals surface area contributed by atoms with E-state index in [1.54, 1.807) is 0 Å². The minimum atomic E-state index is 0. The van der Waals surface area contributed by atoms with Crippen LogP contribution < -0.4 is 0 Å². The molecule has 1 heterocycles. The first-order valence-corrected chi connectivity index (χ1v) is 9.88. The predicted octanol–water partition coefficient (Wildman–Crippen LogP) is 5.22. The summed E-state index contributed by atoms with van der Waals surface area (Å²) in [6, 6.07) is 21.6. The van der Waals surface area contributed by atoms with Gasteiger partial charge in [0.25, 0.3) is 0 Å². The summed E-state index contributed by atoms with van der Waals surface area (Å²) in [5, 5.41) is 0.676. The Hall–Kier alpha value is -0.710. The van der Waals surface area contributed by atoms with Crippen LogP contribution in [0.25, 0.3) is 0 Å². The number of halogens is 2. The monoisotopic (exact) mass is 412 g/mol. The lowest BCUT2D eigenvalue weighted by Crippen LogP contribution is -2.46. The third kappa shape index (κ3) is 7.89. The highest BCUT2D eigenvalue weighted by molar-refractivity contribution is 7.99. The van der Waals surface area contributed by atoms with E-state index >= 15 is 0 Å². The van der Waals surface area contributed by atoms with Crippen LogP contribution in [0, 0.1) is 0 Å². The largest absolute Gasteiger partial charge is 0.301 e. The van der Waals surface area contributed by atoms with Gasteiger partial charge in [0, 0.05) is 42.9 Å². The van der Waals surface area contributed by atoms with E-state index in [2.05, 4.69) is 77.4 Å². The Morgan fingerprint density at radius 3 is 1.96 bits per heavy atom. The van der Waals surface area contributed by atoms with Gasteiger partial charge in [-0.15, -0.1) is 36.6 Å². The van der Waals surface area contributed by atoms with Gasteiger partial charge in [-0.3, -0.25) is 4.90 Å². The Morgan fingerprint density at radius 2 is 1.35 bits per heavy atom. The van der Waals surface area contributed by atoms with Crippen molar-refractivity contribution >= 4 is 36.6 Å². The van der Waals surface area contributed by atoms with E-state index in [0.29, 0.717) is 5.25 Å². The highest BCUT2D eigenvalue weighted by atomic mass is 35.5. The minimum Gasteiger partial charge on any atom is -0.301 e. The first-order valence-electron chi connectivity index (χ1n) is 9.00. The van der Waals surface area contributed by atoms with Crippen LogP contribution in [0.15, 0.2) is 65.6 Å². The molecule has 1 unspecified atom stereocenters. The lowest BCUT2D eigenvalue weighted by molar-refractivity contribution is 0.126. The first-order chi connectivity index (χ1) is 11.8. The number of rotatable bonds is 7. The molecule has 0 radical (unpaired) electrons. The molecular formula is C21H30Cl2N2S. The molecule has 1 aliphatic rings. The normalized spacial score (nSPS) is 16.3. The summed E-state index contributed by atoms with van der Waals surface area (Å²) in [5.74, 6) is 0. The molecule has 5 heteroatoms. The zero-order valence-electron chi connectivity index (χ0n) is 15.4. The maximum absolute atomic E-state index is 2.63. The summed E-state index contributed by atoms with van der Waals surface area (Å²) in [4.78, 5) is 6.59. The Labute approximate surface area is 175 Å². The second-order valence-electron chi connectivity index (χ2n) is 6.63. The van der Waals surface area contributed by atoms with E-state index in [1.807, 2.05) is 11.8 Å². The smallest absolute Gasteiger partial charge is 0.0234 e. The van der Waals surface area contributed by atoms with E-state index < -0.39 is 0 Å². The first kappa shape index (κ1) is 23.3. The molecule has 2 aromatic rings. The summed E-state index contributed by atoms with van der Waals surface area (Å²) in [6.07, 6.45) is 1.26. The maximum atomic E-state index is 2.63. The molecule has 0 N–H and O–H groups in total.